The monoisotopic (exact) mass is 217 g/mol. The van der Waals surface area contributed by atoms with E-state index in [1.54, 1.807) is 18.3 Å². The number of aromatic nitrogens is 2. The van der Waals surface area contributed by atoms with Crippen molar-refractivity contribution in [2.24, 2.45) is 0 Å². The maximum atomic E-state index is 13.1. The fraction of sp³-hybridized carbons (Fsp3) is 0.250. The number of hydrogen-bond donors (Lipinski definition) is 1. The summed E-state index contributed by atoms with van der Waals surface area (Å²) in [5.41, 5.74) is 8.04. The number of nitrogen functional groups attached to an aromatic ring is 1. The van der Waals surface area contributed by atoms with Crippen molar-refractivity contribution < 1.29 is 4.39 Å². The van der Waals surface area contributed by atoms with Gasteiger partial charge in [-0.05, 0) is 42.2 Å². The second-order valence-electron chi connectivity index (χ2n) is 4.10. The molecule has 0 radical (unpaired) electrons. The molecule has 1 aromatic heterocycles. The van der Waals surface area contributed by atoms with Crippen LogP contribution in [-0.2, 0) is 6.42 Å². The van der Waals surface area contributed by atoms with Crippen molar-refractivity contribution in [2.45, 2.75) is 18.9 Å². The van der Waals surface area contributed by atoms with Crippen LogP contribution in [0.4, 0.5) is 10.2 Å². The number of nitrogens with two attached hydrogens (primary N) is 1. The molecule has 0 bridgehead atoms. The van der Waals surface area contributed by atoms with E-state index >= 15 is 0 Å². The zero-order valence-electron chi connectivity index (χ0n) is 8.73. The topological polar surface area (TPSA) is 43.8 Å². The molecule has 1 atom stereocenters. The van der Waals surface area contributed by atoms with Gasteiger partial charge < -0.3 is 5.73 Å². The minimum Gasteiger partial charge on any atom is -0.384 e. The predicted octanol–water partition coefficient (Wildman–Crippen LogP) is 2.14. The molecule has 1 heterocycles. The van der Waals surface area contributed by atoms with Gasteiger partial charge in [0.25, 0.3) is 0 Å². The molecule has 3 rings (SSSR count). The van der Waals surface area contributed by atoms with Gasteiger partial charge in [-0.2, -0.15) is 5.10 Å². The van der Waals surface area contributed by atoms with Gasteiger partial charge in [-0.1, -0.05) is 6.07 Å². The van der Waals surface area contributed by atoms with E-state index in [0.717, 1.165) is 24.0 Å². The average Bonchev–Trinajstić information content (AvgIpc) is 2.83. The smallest absolute Gasteiger partial charge is 0.123 e. The summed E-state index contributed by atoms with van der Waals surface area (Å²) in [5, 5.41) is 4.22. The van der Waals surface area contributed by atoms with Crippen LogP contribution in [-0.4, -0.2) is 9.78 Å². The number of aryl methyl sites for hydroxylation is 1. The molecular weight excluding hydrogens is 205 g/mol. The van der Waals surface area contributed by atoms with Crippen LogP contribution in [0.2, 0.25) is 0 Å². The molecule has 16 heavy (non-hydrogen) atoms. The average molecular weight is 217 g/mol. The van der Waals surface area contributed by atoms with Crippen molar-refractivity contribution in [1.82, 2.24) is 9.78 Å². The Morgan fingerprint density at radius 1 is 1.38 bits per heavy atom. The summed E-state index contributed by atoms with van der Waals surface area (Å²) in [6.07, 6.45) is 3.51. The van der Waals surface area contributed by atoms with Crippen LogP contribution in [0.25, 0.3) is 0 Å². The third-order valence-corrected chi connectivity index (χ3v) is 3.15. The number of benzene rings is 1. The van der Waals surface area contributed by atoms with Crippen LogP contribution >= 0.6 is 0 Å². The Hall–Kier alpha value is -1.84. The molecular formula is C12H12FN3. The van der Waals surface area contributed by atoms with Crippen molar-refractivity contribution >= 4 is 5.82 Å². The zero-order valence-corrected chi connectivity index (χ0v) is 8.73. The van der Waals surface area contributed by atoms with Crippen LogP contribution in [0.1, 0.15) is 23.6 Å². The highest BCUT2D eigenvalue weighted by Crippen LogP contribution is 2.35. The van der Waals surface area contributed by atoms with Gasteiger partial charge in [-0.3, -0.25) is 0 Å². The molecule has 1 unspecified atom stereocenters. The first-order valence-corrected chi connectivity index (χ1v) is 5.33. The number of hydrogen-bond acceptors (Lipinski definition) is 2. The van der Waals surface area contributed by atoms with Crippen LogP contribution in [0, 0.1) is 5.82 Å². The molecule has 0 saturated carbocycles. The Labute approximate surface area is 92.7 Å². The van der Waals surface area contributed by atoms with Gasteiger partial charge in [0.15, 0.2) is 0 Å². The Bertz CT molecular complexity index is 533. The van der Waals surface area contributed by atoms with E-state index in [-0.39, 0.29) is 11.9 Å². The lowest BCUT2D eigenvalue weighted by atomic mass is 10.1. The van der Waals surface area contributed by atoms with Gasteiger partial charge in [0.05, 0.1) is 12.2 Å². The maximum absolute atomic E-state index is 13.1. The summed E-state index contributed by atoms with van der Waals surface area (Å²) in [5.74, 6) is 0.481. The summed E-state index contributed by atoms with van der Waals surface area (Å²) in [6, 6.07) is 6.88. The number of fused-ring (bicyclic) bond motifs is 1. The van der Waals surface area contributed by atoms with Crippen molar-refractivity contribution in [2.75, 3.05) is 5.73 Å². The summed E-state index contributed by atoms with van der Waals surface area (Å²) < 4.78 is 14.9. The first-order valence-electron chi connectivity index (χ1n) is 5.33. The summed E-state index contributed by atoms with van der Waals surface area (Å²) in [6.45, 7) is 0. The Kier molecular flexibility index (Phi) is 1.96. The molecule has 1 aromatic carbocycles. The lowest BCUT2D eigenvalue weighted by Crippen LogP contribution is -2.11. The van der Waals surface area contributed by atoms with Crippen molar-refractivity contribution in [3.63, 3.8) is 0 Å². The molecule has 0 amide bonds. The van der Waals surface area contributed by atoms with Gasteiger partial charge >= 0.3 is 0 Å². The van der Waals surface area contributed by atoms with Crippen molar-refractivity contribution in [3.8, 4) is 0 Å². The highest BCUT2D eigenvalue weighted by atomic mass is 19.1. The maximum Gasteiger partial charge on any atom is 0.123 e. The van der Waals surface area contributed by atoms with Crippen LogP contribution in [0.15, 0.2) is 30.5 Å². The molecule has 0 fully saturated rings. The molecule has 0 aliphatic heterocycles. The van der Waals surface area contributed by atoms with Gasteiger partial charge in [0, 0.05) is 0 Å². The Morgan fingerprint density at radius 2 is 2.25 bits per heavy atom. The predicted molar refractivity (Wildman–Crippen MR) is 59.5 cm³/mol. The third-order valence-electron chi connectivity index (χ3n) is 3.15. The van der Waals surface area contributed by atoms with Crippen LogP contribution < -0.4 is 5.73 Å². The molecule has 3 nitrogen and oxygen atoms in total. The molecule has 4 heteroatoms. The normalized spacial score (nSPS) is 18.7. The summed E-state index contributed by atoms with van der Waals surface area (Å²) in [4.78, 5) is 0. The summed E-state index contributed by atoms with van der Waals surface area (Å²) >= 11 is 0. The number of anilines is 1. The largest absolute Gasteiger partial charge is 0.384 e. The molecule has 2 aromatic rings. The third kappa shape index (κ3) is 1.30. The minimum absolute atomic E-state index is 0.158. The fourth-order valence-electron chi connectivity index (χ4n) is 2.40. The highest BCUT2D eigenvalue weighted by molar-refractivity contribution is 5.38. The standard InChI is InChI=1S/C12H12FN3/c13-9-2-3-10-8(7-9)1-4-11(10)16-12(14)5-6-15-16/h2-3,5-7,11H,1,4,14H2. The van der Waals surface area contributed by atoms with E-state index in [9.17, 15) is 4.39 Å². The lowest BCUT2D eigenvalue weighted by Gasteiger charge is -2.13. The van der Waals surface area contributed by atoms with Gasteiger partial charge in [-0.25, -0.2) is 9.07 Å². The Morgan fingerprint density at radius 3 is 3.00 bits per heavy atom. The van der Waals surface area contributed by atoms with E-state index in [4.69, 9.17) is 5.73 Å². The zero-order chi connectivity index (χ0) is 11.1. The van der Waals surface area contributed by atoms with Crippen LogP contribution in [0.5, 0.6) is 0 Å². The first kappa shape index (κ1) is 9.39. The van der Waals surface area contributed by atoms with Crippen molar-refractivity contribution in [1.29, 1.82) is 0 Å². The molecule has 1 aliphatic carbocycles. The number of halogens is 1. The van der Waals surface area contributed by atoms with E-state index in [1.165, 1.54) is 6.07 Å². The molecule has 0 spiro atoms. The van der Waals surface area contributed by atoms with E-state index in [2.05, 4.69) is 5.10 Å². The van der Waals surface area contributed by atoms with Gasteiger partial charge in [-0.15, -0.1) is 0 Å². The minimum atomic E-state index is -0.173. The number of nitrogens with zero attached hydrogens (tertiary/aromatic N) is 2. The van der Waals surface area contributed by atoms with E-state index in [0.29, 0.717) is 5.82 Å². The summed E-state index contributed by atoms with van der Waals surface area (Å²) in [7, 11) is 0. The Balaban J connectivity index is 2.07. The molecule has 82 valence electrons. The fourth-order valence-corrected chi connectivity index (χ4v) is 2.40. The molecule has 2 N–H and O–H groups in total. The second kappa shape index (κ2) is 3.33. The number of rotatable bonds is 1. The quantitative estimate of drug-likeness (QED) is 0.795. The molecule has 0 saturated heterocycles. The lowest BCUT2D eigenvalue weighted by molar-refractivity contribution is 0.527. The van der Waals surface area contributed by atoms with E-state index in [1.807, 2.05) is 10.7 Å². The van der Waals surface area contributed by atoms with Gasteiger partial charge in [0.1, 0.15) is 11.6 Å². The van der Waals surface area contributed by atoms with E-state index < -0.39 is 0 Å². The first-order chi connectivity index (χ1) is 7.75. The molecule has 1 aliphatic rings. The highest BCUT2D eigenvalue weighted by Gasteiger charge is 2.25. The van der Waals surface area contributed by atoms with Gasteiger partial charge in [0.2, 0.25) is 0 Å². The SMILES string of the molecule is Nc1ccnn1C1CCc2cc(F)ccc21. The second-order valence-corrected chi connectivity index (χ2v) is 4.10. The van der Waals surface area contributed by atoms with Crippen LogP contribution in [0.3, 0.4) is 0 Å². The van der Waals surface area contributed by atoms with Crippen molar-refractivity contribution in [3.05, 3.63) is 47.4 Å².